The first-order valence-corrected chi connectivity index (χ1v) is 7.89. The summed E-state index contributed by atoms with van der Waals surface area (Å²) in [5, 5.41) is 0. The molecule has 4 heteroatoms. The Bertz CT molecular complexity index is 573. The van der Waals surface area contributed by atoms with Crippen molar-refractivity contribution in [1.29, 1.82) is 0 Å². The van der Waals surface area contributed by atoms with E-state index in [0.717, 1.165) is 18.4 Å². The lowest BCUT2D eigenvalue weighted by Crippen LogP contribution is -2.39. The van der Waals surface area contributed by atoms with Crippen LogP contribution in [-0.2, 0) is 10.0 Å². The van der Waals surface area contributed by atoms with Gasteiger partial charge in [-0.3, -0.25) is 0 Å². The summed E-state index contributed by atoms with van der Waals surface area (Å²) in [5.41, 5.74) is 1.04. The number of hydrogen-bond acceptors (Lipinski definition) is 2. The molecule has 1 N–H and O–H groups in total. The second kappa shape index (κ2) is 5.72. The van der Waals surface area contributed by atoms with E-state index in [2.05, 4.69) is 11.3 Å². The highest BCUT2D eigenvalue weighted by Crippen LogP contribution is 2.21. The molecule has 0 heterocycles. The Kier molecular flexibility index (Phi) is 4.22. The average Bonchev–Trinajstić information content (AvgIpc) is 2.39. The molecule has 1 aromatic rings. The van der Waals surface area contributed by atoms with Crippen LogP contribution in [0.2, 0.25) is 0 Å². The van der Waals surface area contributed by atoms with E-state index in [-0.39, 0.29) is 12.0 Å². The Morgan fingerprint density at radius 3 is 2.63 bits per heavy atom. The smallest absolute Gasteiger partial charge is 0.207 e. The Hall–Kier alpha value is -1.39. The maximum Gasteiger partial charge on any atom is 0.241 e. The standard InChI is InChI=1S/C15H19NO2S/c1-3-13-6-4-5-7-15(13)16-19(17,18)14-10-8-12(2)9-11-14/h3,5,7-11,13,15-16H,1,4,6H2,2H3/t13-,15+/m1/s1. The van der Waals surface area contributed by atoms with Gasteiger partial charge in [0.25, 0.3) is 0 Å². The average molecular weight is 277 g/mol. The number of sulfonamides is 1. The molecule has 0 unspecified atom stereocenters. The largest absolute Gasteiger partial charge is 0.241 e. The zero-order valence-corrected chi connectivity index (χ0v) is 11.9. The van der Waals surface area contributed by atoms with E-state index in [1.54, 1.807) is 24.3 Å². The van der Waals surface area contributed by atoms with Gasteiger partial charge in [0.05, 0.1) is 4.90 Å². The Balaban J connectivity index is 2.21. The van der Waals surface area contributed by atoms with Crippen LogP contribution in [0.15, 0.2) is 54.0 Å². The van der Waals surface area contributed by atoms with Crippen LogP contribution in [0.25, 0.3) is 0 Å². The lowest BCUT2D eigenvalue weighted by Gasteiger charge is -2.25. The maximum absolute atomic E-state index is 12.3. The molecule has 0 fully saturated rings. The normalized spacial score (nSPS) is 23.2. The van der Waals surface area contributed by atoms with Crippen LogP contribution in [0.1, 0.15) is 18.4 Å². The number of aryl methyl sites for hydroxylation is 1. The van der Waals surface area contributed by atoms with Crippen LogP contribution in [0.4, 0.5) is 0 Å². The van der Waals surface area contributed by atoms with Crippen molar-refractivity contribution in [1.82, 2.24) is 4.72 Å². The summed E-state index contributed by atoms with van der Waals surface area (Å²) >= 11 is 0. The summed E-state index contributed by atoms with van der Waals surface area (Å²) < 4.78 is 27.3. The van der Waals surface area contributed by atoms with Gasteiger partial charge in [0.2, 0.25) is 10.0 Å². The number of hydrogen-bond donors (Lipinski definition) is 1. The quantitative estimate of drug-likeness (QED) is 0.860. The molecule has 1 aliphatic carbocycles. The van der Waals surface area contributed by atoms with Gasteiger partial charge in [-0.25, -0.2) is 13.1 Å². The van der Waals surface area contributed by atoms with E-state index < -0.39 is 10.0 Å². The number of allylic oxidation sites excluding steroid dienone is 1. The number of benzene rings is 1. The molecular formula is C15H19NO2S. The topological polar surface area (TPSA) is 46.2 Å². The van der Waals surface area contributed by atoms with Crippen molar-refractivity contribution in [3.8, 4) is 0 Å². The molecule has 0 amide bonds. The van der Waals surface area contributed by atoms with Gasteiger partial charge in [0.15, 0.2) is 0 Å². The monoisotopic (exact) mass is 277 g/mol. The first-order chi connectivity index (χ1) is 9.03. The van der Waals surface area contributed by atoms with Crippen LogP contribution < -0.4 is 4.72 Å². The van der Waals surface area contributed by atoms with Gasteiger partial charge >= 0.3 is 0 Å². The van der Waals surface area contributed by atoms with Crippen molar-refractivity contribution >= 4 is 10.0 Å². The summed E-state index contributed by atoms with van der Waals surface area (Å²) in [5.74, 6) is 0.158. The lowest BCUT2D eigenvalue weighted by molar-refractivity contribution is 0.476. The van der Waals surface area contributed by atoms with E-state index in [0.29, 0.717) is 4.90 Å². The number of nitrogens with one attached hydrogen (secondary N) is 1. The molecule has 0 saturated carbocycles. The fraction of sp³-hybridized carbons (Fsp3) is 0.333. The first-order valence-electron chi connectivity index (χ1n) is 6.41. The summed E-state index contributed by atoms with van der Waals surface area (Å²) in [6, 6.07) is 6.67. The molecule has 0 saturated heterocycles. The molecule has 0 aromatic heterocycles. The van der Waals surface area contributed by atoms with E-state index in [4.69, 9.17) is 0 Å². The minimum absolute atomic E-state index is 0.158. The molecule has 102 valence electrons. The van der Waals surface area contributed by atoms with Crippen molar-refractivity contribution in [3.63, 3.8) is 0 Å². The molecule has 19 heavy (non-hydrogen) atoms. The van der Waals surface area contributed by atoms with E-state index >= 15 is 0 Å². The zero-order chi connectivity index (χ0) is 13.9. The van der Waals surface area contributed by atoms with E-state index in [9.17, 15) is 8.42 Å². The highest BCUT2D eigenvalue weighted by molar-refractivity contribution is 7.89. The van der Waals surface area contributed by atoms with Gasteiger partial charge in [-0.2, -0.15) is 0 Å². The Morgan fingerprint density at radius 1 is 1.32 bits per heavy atom. The Labute approximate surface area is 115 Å². The Morgan fingerprint density at radius 2 is 2.00 bits per heavy atom. The molecule has 0 spiro atoms. The van der Waals surface area contributed by atoms with Gasteiger partial charge in [-0.1, -0.05) is 35.9 Å². The van der Waals surface area contributed by atoms with Gasteiger partial charge in [0, 0.05) is 6.04 Å². The fourth-order valence-electron chi connectivity index (χ4n) is 2.21. The van der Waals surface area contributed by atoms with Crippen molar-refractivity contribution in [2.75, 3.05) is 0 Å². The summed E-state index contributed by atoms with van der Waals surface area (Å²) in [6.07, 6.45) is 7.66. The number of rotatable bonds is 4. The minimum Gasteiger partial charge on any atom is -0.207 e. The predicted molar refractivity (Wildman–Crippen MR) is 77.3 cm³/mol. The summed E-state index contributed by atoms with van der Waals surface area (Å²) in [4.78, 5) is 0.305. The molecule has 1 aliphatic rings. The third-order valence-electron chi connectivity index (χ3n) is 3.40. The summed E-state index contributed by atoms with van der Waals surface area (Å²) in [6.45, 7) is 5.71. The molecule has 2 rings (SSSR count). The van der Waals surface area contributed by atoms with Gasteiger partial charge in [0.1, 0.15) is 0 Å². The van der Waals surface area contributed by atoms with E-state index in [1.807, 2.05) is 25.2 Å². The molecule has 0 bridgehead atoms. The van der Waals surface area contributed by atoms with Crippen LogP contribution in [0, 0.1) is 12.8 Å². The van der Waals surface area contributed by atoms with Crippen LogP contribution >= 0.6 is 0 Å². The van der Waals surface area contributed by atoms with Gasteiger partial charge < -0.3 is 0 Å². The predicted octanol–water partition coefficient (Wildman–Crippen LogP) is 2.79. The second-order valence-electron chi connectivity index (χ2n) is 4.87. The summed E-state index contributed by atoms with van der Waals surface area (Å²) in [7, 11) is -3.47. The molecule has 0 aliphatic heterocycles. The third-order valence-corrected chi connectivity index (χ3v) is 4.87. The highest BCUT2D eigenvalue weighted by Gasteiger charge is 2.24. The molecule has 0 radical (unpaired) electrons. The molecule has 2 atom stereocenters. The highest BCUT2D eigenvalue weighted by atomic mass is 32.2. The third kappa shape index (κ3) is 3.33. The van der Waals surface area contributed by atoms with Crippen LogP contribution in [0.5, 0.6) is 0 Å². The molecule has 1 aromatic carbocycles. The molecular weight excluding hydrogens is 258 g/mol. The van der Waals surface area contributed by atoms with Gasteiger partial charge in [-0.15, -0.1) is 6.58 Å². The van der Waals surface area contributed by atoms with Crippen LogP contribution in [-0.4, -0.2) is 14.5 Å². The lowest BCUT2D eigenvalue weighted by atomic mass is 9.90. The second-order valence-corrected chi connectivity index (χ2v) is 6.58. The van der Waals surface area contributed by atoms with Crippen molar-refractivity contribution in [2.45, 2.75) is 30.7 Å². The zero-order valence-electron chi connectivity index (χ0n) is 11.0. The molecule has 3 nitrogen and oxygen atoms in total. The SMILES string of the molecule is C=C[C@@H]1CCC=C[C@@H]1NS(=O)(=O)c1ccc(C)cc1. The minimum atomic E-state index is -3.47. The first kappa shape index (κ1) is 14.0. The maximum atomic E-state index is 12.3. The van der Waals surface area contributed by atoms with Crippen molar-refractivity contribution in [2.24, 2.45) is 5.92 Å². The van der Waals surface area contributed by atoms with Crippen LogP contribution in [0.3, 0.4) is 0 Å². The van der Waals surface area contributed by atoms with Gasteiger partial charge in [-0.05, 0) is 37.8 Å². The van der Waals surface area contributed by atoms with Crippen molar-refractivity contribution in [3.05, 3.63) is 54.6 Å². The fourth-order valence-corrected chi connectivity index (χ4v) is 3.45. The van der Waals surface area contributed by atoms with E-state index in [1.165, 1.54) is 0 Å². The van der Waals surface area contributed by atoms with Crippen molar-refractivity contribution < 1.29 is 8.42 Å².